The molecule has 126 valence electrons. The van der Waals surface area contributed by atoms with E-state index in [1.807, 2.05) is 19.1 Å². The Morgan fingerprint density at radius 2 is 1.36 bits per heavy atom. The zero-order valence-electron chi connectivity index (χ0n) is 14.1. The summed E-state index contributed by atoms with van der Waals surface area (Å²) >= 11 is 0. The molecule has 25 heavy (non-hydrogen) atoms. The number of aromatic nitrogens is 1. The second-order valence-corrected chi connectivity index (χ2v) is 6.52. The first kappa shape index (κ1) is 15.8. The van der Waals surface area contributed by atoms with Gasteiger partial charge in [0.05, 0.1) is 11.0 Å². The van der Waals surface area contributed by atoms with Crippen LogP contribution in [0.2, 0.25) is 0 Å². The normalized spacial score (nSPS) is 11.6. The minimum atomic E-state index is -0.669. The highest BCUT2D eigenvalue weighted by Crippen LogP contribution is 2.36. The van der Waals surface area contributed by atoms with Crippen LogP contribution in [-0.2, 0) is 0 Å². The van der Waals surface area contributed by atoms with Gasteiger partial charge in [0.1, 0.15) is 23.1 Å². The summed E-state index contributed by atoms with van der Waals surface area (Å²) in [5, 5.41) is 1.04. The van der Waals surface area contributed by atoms with Crippen molar-refractivity contribution in [1.82, 2.24) is 4.57 Å². The van der Waals surface area contributed by atoms with Crippen LogP contribution in [0.1, 0.15) is 16.7 Å². The van der Waals surface area contributed by atoms with Gasteiger partial charge in [-0.3, -0.25) is 0 Å². The van der Waals surface area contributed by atoms with Crippen LogP contribution in [0.3, 0.4) is 0 Å². The van der Waals surface area contributed by atoms with E-state index < -0.39 is 11.6 Å². The van der Waals surface area contributed by atoms with Crippen LogP contribution in [0.4, 0.5) is 13.2 Å². The number of fused-ring (bicyclic) bond motifs is 3. The van der Waals surface area contributed by atoms with Gasteiger partial charge in [-0.1, -0.05) is 17.7 Å². The van der Waals surface area contributed by atoms with Crippen molar-refractivity contribution < 1.29 is 13.2 Å². The molecule has 0 fully saturated rings. The standard InChI is InChI=1S/C21H16F3N/c1-11-4-6-17-14(8-11)19-18(7-5-13(3)20(19)24)25(17)21-15(22)9-12(2)10-16(21)23/h4-10H,1-3H3. The van der Waals surface area contributed by atoms with E-state index >= 15 is 0 Å². The molecule has 0 bridgehead atoms. The van der Waals surface area contributed by atoms with Gasteiger partial charge in [0.2, 0.25) is 0 Å². The SMILES string of the molecule is Cc1cc(F)c(-n2c3ccc(C)cc3c3c(F)c(C)ccc32)c(F)c1. The molecule has 0 saturated heterocycles. The molecule has 0 spiro atoms. The fourth-order valence-electron chi connectivity index (χ4n) is 3.43. The molecule has 0 aliphatic rings. The summed E-state index contributed by atoms with van der Waals surface area (Å²) in [6.45, 7) is 5.22. The van der Waals surface area contributed by atoms with Crippen molar-refractivity contribution in [2.24, 2.45) is 0 Å². The Morgan fingerprint density at radius 3 is 2.04 bits per heavy atom. The second-order valence-electron chi connectivity index (χ2n) is 6.52. The van der Waals surface area contributed by atoms with Crippen LogP contribution in [0, 0.1) is 38.2 Å². The number of rotatable bonds is 1. The average molecular weight is 339 g/mol. The number of hydrogen-bond acceptors (Lipinski definition) is 0. The van der Waals surface area contributed by atoms with E-state index in [1.54, 1.807) is 32.0 Å². The lowest BCUT2D eigenvalue weighted by molar-refractivity contribution is 0.571. The van der Waals surface area contributed by atoms with Crippen LogP contribution >= 0.6 is 0 Å². The molecular weight excluding hydrogens is 323 g/mol. The van der Waals surface area contributed by atoms with Crippen LogP contribution in [0.15, 0.2) is 42.5 Å². The molecule has 0 amide bonds. The Balaban J connectivity index is 2.27. The van der Waals surface area contributed by atoms with E-state index in [1.165, 1.54) is 16.7 Å². The first-order valence-corrected chi connectivity index (χ1v) is 8.04. The minimum absolute atomic E-state index is 0.183. The van der Waals surface area contributed by atoms with E-state index in [-0.39, 0.29) is 11.5 Å². The molecule has 0 aliphatic heterocycles. The predicted molar refractivity (Wildman–Crippen MR) is 94.9 cm³/mol. The highest BCUT2D eigenvalue weighted by atomic mass is 19.1. The quantitative estimate of drug-likeness (QED) is 0.393. The van der Waals surface area contributed by atoms with E-state index in [0.29, 0.717) is 32.9 Å². The molecule has 4 aromatic rings. The zero-order valence-corrected chi connectivity index (χ0v) is 14.1. The third-order valence-electron chi connectivity index (χ3n) is 4.60. The third-order valence-corrected chi connectivity index (χ3v) is 4.60. The second kappa shape index (κ2) is 5.38. The maximum absolute atomic E-state index is 14.9. The van der Waals surface area contributed by atoms with Gasteiger partial charge in [-0.05, 0) is 62.2 Å². The molecule has 3 aromatic carbocycles. The van der Waals surface area contributed by atoms with Crippen molar-refractivity contribution in [3.05, 3.63) is 76.6 Å². The van der Waals surface area contributed by atoms with Crippen LogP contribution in [0.25, 0.3) is 27.5 Å². The van der Waals surface area contributed by atoms with Gasteiger partial charge in [0, 0.05) is 10.8 Å². The van der Waals surface area contributed by atoms with E-state index in [0.717, 1.165) is 5.56 Å². The summed E-state index contributed by atoms with van der Waals surface area (Å²) in [6.07, 6.45) is 0. The summed E-state index contributed by atoms with van der Waals surface area (Å²) < 4.78 is 45.6. The molecule has 0 aliphatic carbocycles. The van der Waals surface area contributed by atoms with Crippen molar-refractivity contribution in [2.75, 3.05) is 0 Å². The maximum atomic E-state index is 14.9. The third kappa shape index (κ3) is 2.24. The largest absolute Gasteiger partial charge is 0.304 e. The molecule has 4 rings (SSSR count). The number of benzene rings is 3. The summed E-state index contributed by atoms with van der Waals surface area (Å²) in [5.74, 6) is -1.70. The summed E-state index contributed by atoms with van der Waals surface area (Å²) in [7, 11) is 0. The van der Waals surface area contributed by atoms with Gasteiger partial charge >= 0.3 is 0 Å². The lowest BCUT2D eigenvalue weighted by Gasteiger charge is -2.11. The summed E-state index contributed by atoms with van der Waals surface area (Å²) in [4.78, 5) is 0. The first-order valence-electron chi connectivity index (χ1n) is 8.04. The molecule has 1 aromatic heterocycles. The Bertz CT molecular complexity index is 1130. The highest BCUT2D eigenvalue weighted by Gasteiger charge is 2.21. The van der Waals surface area contributed by atoms with Gasteiger partial charge in [0.15, 0.2) is 0 Å². The topological polar surface area (TPSA) is 4.93 Å². The molecule has 0 unspecified atom stereocenters. The molecular formula is C21H16F3N. The van der Waals surface area contributed by atoms with Gasteiger partial charge in [-0.15, -0.1) is 0 Å². The predicted octanol–water partition coefficient (Wildman–Crippen LogP) is 6.13. The molecule has 0 N–H and O–H groups in total. The molecule has 0 saturated carbocycles. The fourth-order valence-corrected chi connectivity index (χ4v) is 3.43. The van der Waals surface area contributed by atoms with Gasteiger partial charge in [-0.25, -0.2) is 13.2 Å². The fraction of sp³-hybridized carbons (Fsp3) is 0.143. The monoisotopic (exact) mass is 339 g/mol. The molecule has 0 atom stereocenters. The Kier molecular flexibility index (Phi) is 3.39. The Hall–Kier alpha value is -2.75. The minimum Gasteiger partial charge on any atom is -0.304 e. The van der Waals surface area contributed by atoms with E-state index in [2.05, 4.69) is 0 Å². The van der Waals surface area contributed by atoms with Gasteiger partial charge < -0.3 is 4.57 Å². The smallest absolute Gasteiger partial charge is 0.150 e. The Labute approximate surface area is 143 Å². The van der Waals surface area contributed by atoms with E-state index in [9.17, 15) is 13.2 Å². The Morgan fingerprint density at radius 1 is 0.720 bits per heavy atom. The van der Waals surface area contributed by atoms with Crippen LogP contribution < -0.4 is 0 Å². The molecule has 1 heterocycles. The summed E-state index contributed by atoms with van der Waals surface area (Å²) in [6, 6.07) is 11.4. The van der Waals surface area contributed by atoms with Crippen molar-refractivity contribution in [3.8, 4) is 5.69 Å². The lowest BCUT2D eigenvalue weighted by Crippen LogP contribution is -2.02. The van der Waals surface area contributed by atoms with Gasteiger partial charge in [-0.2, -0.15) is 0 Å². The lowest BCUT2D eigenvalue weighted by atomic mass is 10.1. The van der Waals surface area contributed by atoms with Crippen molar-refractivity contribution in [2.45, 2.75) is 20.8 Å². The number of halogens is 3. The van der Waals surface area contributed by atoms with Crippen LogP contribution in [-0.4, -0.2) is 4.57 Å². The van der Waals surface area contributed by atoms with Crippen molar-refractivity contribution in [1.29, 1.82) is 0 Å². The molecule has 1 nitrogen and oxygen atoms in total. The molecule has 4 heteroatoms. The van der Waals surface area contributed by atoms with Crippen molar-refractivity contribution in [3.63, 3.8) is 0 Å². The first-order chi connectivity index (χ1) is 11.9. The summed E-state index contributed by atoms with van der Waals surface area (Å²) in [5.41, 5.74) is 2.79. The van der Waals surface area contributed by atoms with E-state index in [4.69, 9.17) is 0 Å². The number of nitrogens with zero attached hydrogens (tertiary/aromatic N) is 1. The average Bonchev–Trinajstić information content (AvgIpc) is 2.84. The highest BCUT2D eigenvalue weighted by molar-refractivity contribution is 6.10. The van der Waals surface area contributed by atoms with Crippen LogP contribution in [0.5, 0.6) is 0 Å². The molecule has 0 radical (unpaired) electrons. The number of aryl methyl sites for hydroxylation is 3. The van der Waals surface area contributed by atoms with Gasteiger partial charge in [0.25, 0.3) is 0 Å². The maximum Gasteiger partial charge on any atom is 0.150 e. The number of hydrogen-bond donors (Lipinski definition) is 0. The zero-order chi connectivity index (χ0) is 17.9. The van der Waals surface area contributed by atoms with Crippen molar-refractivity contribution >= 4 is 21.8 Å².